The van der Waals surface area contributed by atoms with Gasteiger partial charge in [0.25, 0.3) is 0 Å². The summed E-state index contributed by atoms with van der Waals surface area (Å²) < 4.78 is 5.40. The van der Waals surface area contributed by atoms with Gasteiger partial charge in [-0.15, -0.1) is 0 Å². The SMILES string of the molecule is CCCCOCCNc1nc(N)c(Cl)cc1Cl. The Bertz CT molecular complexity index is 361. The molecule has 0 aromatic carbocycles. The zero-order valence-electron chi connectivity index (χ0n) is 9.80. The number of ether oxygens (including phenoxy) is 1. The van der Waals surface area contributed by atoms with Crippen molar-refractivity contribution in [1.82, 2.24) is 4.98 Å². The van der Waals surface area contributed by atoms with Gasteiger partial charge in [0.2, 0.25) is 0 Å². The minimum Gasteiger partial charge on any atom is -0.382 e. The molecule has 1 aromatic heterocycles. The van der Waals surface area contributed by atoms with Crippen LogP contribution < -0.4 is 11.1 Å². The van der Waals surface area contributed by atoms with Crippen LogP contribution in [0.3, 0.4) is 0 Å². The lowest BCUT2D eigenvalue weighted by atomic mass is 10.4. The predicted octanol–water partition coefficient (Wildman–Crippen LogP) is 3.20. The van der Waals surface area contributed by atoms with E-state index >= 15 is 0 Å². The van der Waals surface area contributed by atoms with E-state index in [1.54, 1.807) is 6.07 Å². The van der Waals surface area contributed by atoms with Gasteiger partial charge < -0.3 is 15.8 Å². The van der Waals surface area contributed by atoms with Crippen molar-refractivity contribution in [2.45, 2.75) is 19.8 Å². The predicted molar refractivity (Wildman–Crippen MR) is 72.9 cm³/mol. The Morgan fingerprint density at radius 1 is 1.35 bits per heavy atom. The topological polar surface area (TPSA) is 60.2 Å². The van der Waals surface area contributed by atoms with Gasteiger partial charge in [0.1, 0.15) is 11.6 Å². The summed E-state index contributed by atoms with van der Waals surface area (Å²) >= 11 is 11.7. The molecule has 0 spiro atoms. The summed E-state index contributed by atoms with van der Waals surface area (Å²) in [5.41, 5.74) is 5.59. The Kier molecular flexibility index (Phi) is 6.40. The normalized spacial score (nSPS) is 10.5. The number of aromatic nitrogens is 1. The highest BCUT2D eigenvalue weighted by atomic mass is 35.5. The molecule has 1 aromatic rings. The Morgan fingerprint density at radius 2 is 2.12 bits per heavy atom. The van der Waals surface area contributed by atoms with Gasteiger partial charge in [-0.1, -0.05) is 36.5 Å². The molecule has 3 N–H and O–H groups in total. The lowest BCUT2D eigenvalue weighted by Gasteiger charge is -2.09. The summed E-state index contributed by atoms with van der Waals surface area (Å²) in [6, 6.07) is 1.58. The first-order valence-electron chi connectivity index (χ1n) is 5.58. The molecule has 0 radical (unpaired) electrons. The van der Waals surface area contributed by atoms with E-state index in [0.29, 0.717) is 29.0 Å². The van der Waals surface area contributed by atoms with Crippen LogP contribution in [0.1, 0.15) is 19.8 Å². The molecule has 96 valence electrons. The molecule has 0 fully saturated rings. The van der Waals surface area contributed by atoms with Crippen LogP contribution in [0, 0.1) is 0 Å². The molecule has 0 amide bonds. The van der Waals surface area contributed by atoms with Crippen molar-refractivity contribution in [2.24, 2.45) is 0 Å². The summed E-state index contributed by atoms with van der Waals surface area (Å²) in [6.45, 7) is 4.15. The fourth-order valence-electron chi connectivity index (χ4n) is 1.19. The maximum absolute atomic E-state index is 5.96. The molecule has 6 heteroatoms. The molecular weight excluding hydrogens is 261 g/mol. The fraction of sp³-hybridized carbons (Fsp3) is 0.545. The van der Waals surface area contributed by atoms with Crippen LogP contribution >= 0.6 is 23.2 Å². The molecule has 1 heterocycles. The average molecular weight is 278 g/mol. The third-order valence-corrected chi connectivity index (χ3v) is 2.73. The molecule has 4 nitrogen and oxygen atoms in total. The minimum absolute atomic E-state index is 0.269. The number of nitrogens with zero attached hydrogens (tertiary/aromatic N) is 1. The van der Waals surface area contributed by atoms with Gasteiger partial charge >= 0.3 is 0 Å². The van der Waals surface area contributed by atoms with Crippen molar-refractivity contribution < 1.29 is 4.74 Å². The van der Waals surface area contributed by atoms with Crippen molar-refractivity contribution in [2.75, 3.05) is 30.8 Å². The molecule has 0 aliphatic carbocycles. The van der Waals surface area contributed by atoms with Crippen LogP contribution in [0.5, 0.6) is 0 Å². The number of halogens is 2. The molecule has 0 unspecified atom stereocenters. The van der Waals surface area contributed by atoms with E-state index < -0.39 is 0 Å². The Morgan fingerprint density at radius 3 is 2.82 bits per heavy atom. The van der Waals surface area contributed by atoms with Gasteiger partial charge in [-0.2, -0.15) is 0 Å². The lowest BCUT2D eigenvalue weighted by Crippen LogP contribution is -2.11. The Hall–Kier alpha value is -0.710. The summed E-state index contributed by atoms with van der Waals surface area (Å²) in [7, 11) is 0. The van der Waals surface area contributed by atoms with E-state index in [4.69, 9.17) is 33.7 Å². The highest BCUT2D eigenvalue weighted by molar-refractivity contribution is 6.37. The van der Waals surface area contributed by atoms with Gasteiger partial charge in [-0.3, -0.25) is 0 Å². The lowest BCUT2D eigenvalue weighted by molar-refractivity contribution is 0.141. The van der Waals surface area contributed by atoms with Gasteiger partial charge in [-0.25, -0.2) is 4.98 Å². The van der Waals surface area contributed by atoms with Crippen LogP contribution in [0.15, 0.2) is 6.07 Å². The second-order valence-electron chi connectivity index (χ2n) is 3.58. The number of nitrogens with one attached hydrogen (secondary N) is 1. The summed E-state index contributed by atoms with van der Waals surface area (Å²) in [4.78, 5) is 4.05. The number of hydrogen-bond acceptors (Lipinski definition) is 4. The number of unbranched alkanes of at least 4 members (excludes halogenated alkanes) is 1. The molecule has 17 heavy (non-hydrogen) atoms. The Balaban J connectivity index is 2.34. The van der Waals surface area contributed by atoms with Crippen LogP contribution in [-0.2, 0) is 4.74 Å². The molecule has 0 saturated heterocycles. The Labute approximate surface area is 111 Å². The van der Waals surface area contributed by atoms with Crippen LogP contribution in [-0.4, -0.2) is 24.7 Å². The monoisotopic (exact) mass is 277 g/mol. The quantitative estimate of drug-likeness (QED) is 0.752. The first-order chi connectivity index (χ1) is 8.15. The number of pyridine rings is 1. The second kappa shape index (κ2) is 7.58. The fourth-order valence-corrected chi connectivity index (χ4v) is 1.62. The first-order valence-corrected chi connectivity index (χ1v) is 6.34. The van der Waals surface area contributed by atoms with Crippen LogP contribution in [0.25, 0.3) is 0 Å². The number of rotatable bonds is 7. The third kappa shape index (κ3) is 4.98. The zero-order chi connectivity index (χ0) is 12.7. The third-order valence-electron chi connectivity index (χ3n) is 2.14. The van der Waals surface area contributed by atoms with E-state index in [1.807, 2.05) is 0 Å². The summed E-state index contributed by atoms with van der Waals surface area (Å²) in [5, 5.41) is 3.87. The first kappa shape index (κ1) is 14.4. The summed E-state index contributed by atoms with van der Waals surface area (Å²) in [5.74, 6) is 0.804. The highest BCUT2D eigenvalue weighted by Gasteiger charge is 2.06. The molecule has 0 aliphatic rings. The number of nitrogen functional groups attached to an aromatic ring is 1. The minimum atomic E-state index is 0.269. The summed E-state index contributed by atoms with van der Waals surface area (Å²) in [6.07, 6.45) is 2.21. The molecule has 0 atom stereocenters. The van der Waals surface area contributed by atoms with Crippen molar-refractivity contribution in [3.05, 3.63) is 16.1 Å². The number of anilines is 2. The number of hydrogen-bond donors (Lipinski definition) is 2. The van der Waals surface area contributed by atoms with Gasteiger partial charge in [-0.05, 0) is 12.5 Å². The second-order valence-corrected chi connectivity index (χ2v) is 4.39. The van der Waals surface area contributed by atoms with Crippen molar-refractivity contribution in [1.29, 1.82) is 0 Å². The van der Waals surface area contributed by atoms with E-state index in [0.717, 1.165) is 19.4 Å². The average Bonchev–Trinajstić information content (AvgIpc) is 2.30. The van der Waals surface area contributed by atoms with Crippen molar-refractivity contribution in [3.63, 3.8) is 0 Å². The maximum atomic E-state index is 5.96. The smallest absolute Gasteiger partial charge is 0.147 e. The molecule has 0 aliphatic heterocycles. The van der Waals surface area contributed by atoms with Crippen LogP contribution in [0.4, 0.5) is 11.6 Å². The highest BCUT2D eigenvalue weighted by Crippen LogP contribution is 2.26. The van der Waals surface area contributed by atoms with Crippen molar-refractivity contribution in [3.8, 4) is 0 Å². The molecular formula is C11H17Cl2N3O. The van der Waals surface area contributed by atoms with Gasteiger partial charge in [0, 0.05) is 13.2 Å². The molecule has 0 saturated carbocycles. The van der Waals surface area contributed by atoms with Crippen LogP contribution in [0.2, 0.25) is 10.0 Å². The van der Waals surface area contributed by atoms with E-state index in [1.165, 1.54) is 0 Å². The van der Waals surface area contributed by atoms with Crippen molar-refractivity contribution >= 4 is 34.8 Å². The van der Waals surface area contributed by atoms with E-state index in [-0.39, 0.29) is 5.82 Å². The van der Waals surface area contributed by atoms with E-state index in [9.17, 15) is 0 Å². The van der Waals surface area contributed by atoms with Gasteiger partial charge in [0.05, 0.1) is 16.7 Å². The number of nitrogens with two attached hydrogens (primary N) is 1. The van der Waals surface area contributed by atoms with Gasteiger partial charge in [0.15, 0.2) is 0 Å². The maximum Gasteiger partial charge on any atom is 0.147 e. The zero-order valence-corrected chi connectivity index (χ0v) is 11.3. The van der Waals surface area contributed by atoms with E-state index in [2.05, 4.69) is 17.2 Å². The molecule has 0 bridgehead atoms. The standard InChI is InChI=1S/C11H17Cl2N3O/c1-2-3-5-17-6-4-15-11-9(13)7-8(12)10(14)16-11/h7H,2-6H2,1H3,(H3,14,15,16). The largest absolute Gasteiger partial charge is 0.382 e. The molecule has 1 rings (SSSR count).